The molecule has 0 aliphatic carbocycles. The Hall–Kier alpha value is -2.67. The van der Waals surface area contributed by atoms with E-state index in [9.17, 15) is 0 Å². The first-order valence-corrected chi connectivity index (χ1v) is 6.64. The van der Waals surface area contributed by atoms with Gasteiger partial charge in [0.25, 0.3) is 0 Å². The zero-order chi connectivity index (χ0) is 13.8. The first-order valence-electron chi connectivity index (χ1n) is 6.64. The third-order valence-corrected chi connectivity index (χ3v) is 3.22. The molecule has 0 saturated heterocycles. The molecule has 0 atom stereocenters. The van der Waals surface area contributed by atoms with Gasteiger partial charge in [-0.1, -0.05) is 18.2 Å². The molecule has 0 unspecified atom stereocenters. The Bertz CT molecular complexity index is 753. The van der Waals surface area contributed by atoms with Gasteiger partial charge < -0.3 is 4.57 Å². The van der Waals surface area contributed by atoms with Crippen LogP contribution in [0.25, 0.3) is 22.6 Å². The Kier molecular flexibility index (Phi) is 3.42. The largest absolute Gasteiger partial charge is 0.323 e. The number of pyridine rings is 1. The average molecular weight is 262 g/mol. The minimum Gasteiger partial charge on any atom is -0.323 e. The van der Waals surface area contributed by atoms with Crippen LogP contribution >= 0.6 is 0 Å². The molecule has 0 N–H and O–H groups in total. The van der Waals surface area contributed by atoms with Crippen molar-refractivity contribution >= 4 is 11.0 Å². The molecule has 98 valence electrons. The number of imidazole rings is 1. The molecule has 0 radical (unpaired) electrons. The molecule has 0 bridgehead atoms. The number of aromatic nitrogens is 3. The van der Waals surface area contributed by atoms with Gasteiger partial charge >= 0.3 is 0 Å². The van der Waals surface area contributed by atoms with Crippen molar-refractivity contribution in [3.8, 4) is 17.6 Å². The number of unbranched alkanes of at least 4 members (excludes halogenated alkanes) is 1. The highest BCUT2D eigenvalue weighted by atomic mass is 15.1. The number of fused-ring (bicyclic) bond motifs is 1. The van der Waals surface area contributed by atoms with Gasteiger partial charge in [-0.2, -0.15) is 5.26 Å². The molecule has 3 aromatic rings. The normalized spacial score (nSPS) is 10.6. The van der Waals surface area contributed by atoms with E-state index >= 15 is 0 Å². The van der Waals surface area contributed by atoms with Crippen LogP contribution in [0.4, 0.5) is 0 Å². The molecule has 4 heteroatoms. The molecule has 3 rings (SSSR count). The minimum atomic E-state index is 0.550. The van der Waals surface area contributed by atoms with Gasteiger partial charge in [0.15, 0.2) is 5.82 Å². The molecular weight excluding hydrogens is 248 g/mol. The number of benzene rings is 1. The van der Waals surface area contributed by atoms with Gasteiger partial charge in [-0.3, -0.25) is 4.98 Å². The minimum absolute atomic E-state index is 0.550. The van der Waals surface area contributed by atoms with E-state index in [1.54, 1.807) is 6.20 Å². The van der Waals surface area contributed by atoms with Crippen LogP contribution in [-0.4, -0.2) is 14.5 Å². The number of nitriles is 1. The Morgan fingerprint density at radius 2 is 1.95 bits per heavy atom. The first kappa shape index (κ1) is 12.4. The highest BCUT2D eigenvalue weighted by Crippen LogP contribution is 2.23. The fourth-order valence-electron chi connectivity index (χ4n) is 2.31. The number of aryl methyl sites for hydroxylation is 1. The van der Waals surface area contributed by atoms with Gasteiger partial charge in [0.2, 0.25) is 0 Å². The summed E-state index contributed by atoms with van der Waals surface area (Å²) in [4.78, 5) is 9.06. The second-order valence-corrected chi connectivity index (χ2v) is 4.55. The number of rotatable bonds is 4. The zero-order valence-corrected chi connectivity index (χ0v) is 11.0. The van der Waals surface area contributed by atoms with Crippen LogP contribution in [-0.2, 0) is 6.54 Å². The second kappa shape index (κ2) is 5.54. The maximum atomic E-state index is 8.71. The monoisotopic (exact) mass is 262 g/mol. The van der Waals surface area contributed by atoms with Gasteiger partial charge in [0, 0.05) is 19.2 Å². The van der Waals surface area contributed by atoms with Gasteiger partial charge in [-0.15, -0.1) is 0 Å². The van der Waals surface area contributed by atoms with E-state index in [-0.39, 0.29) is 0 Å². The first-order chi connectivity index (χ1) is 9.90. The van der Waals surface area contributed by atoms with Crippen LogP contribution in [0, 0.1) is 11.3 Å². The zero-order valence-electron chi connectivity index (χ0n) is 11.0. The second-order valence-electron chi connectivity index (χ2n) is 4.55. The lowest BCUT2D eigenvalue weighted by atomic mass is 10.3. The van der Waals surface area contributed by atoms with Gasteiger partial charge in [0.1, 0.15) is 5.69 Å². The van der Waals surface area contributed by atoms with E-state index < -0.39 is 0 Å². The van der Waals surface area contributed by atoms with Crippen LogP contribution in [0.5, 0.6) is 0 Å². The van der Waals surface area contributed by atoms with Crippen molar-refractivity contribution in [2.45, 2.75) is 19.4 Å². The highest BCUT2D eigenvalue weighted by molar-refractivity contribution is 5.79. The molecule has 4 nitrogen and oxygen atoms in total. The summed E-state index contributed by atoms with van der Waals surface area (Å²) in [5, 5.41) is 8.71. The summed E-state index contributed by atoms with van der Waals surface area (Å²) in [6.45, 7) is 0.778. The summed E-state index contributed by atoms with van der Waals surface area (Å²) in [6, 6.07) is 16.1. The Morgan fingerprint density at radius 1 is 1.10 bits per heavy atom. The van der Waals surface area contributed by atoms with Crippen LogP contribution in [0.1, 0.15) is 12.8 Å². The van der Waals surface area contributed by atoms with E-state index in [1.807, 2.05) is 36.4 Å². The highest BCUT2D eigenvalue weighted by Gasteiger charge is 2.12. The van der Waals surface area contributed by atoms with Gasteiger partial charge in [-0.05, 0) is 30.7 Å². The third-order valence-electron chi connectivity index (χ3n) is 3.22. The van der Waals surface area contributed by atoms with Crippen LogP contribution in [0.15, 0.2) is 48.7 Å². The smallest absolute Gasteiger partial charge is 0.159 e. The maximum absolute atomic E-state index is 8.71. The summed E-state index contributed by atoms with van der Waals surface area (Å²) in [5.41, 5.74) is 2.91. The van der Waals surface area contributed by atoms with Crippen LogP contribution in [0.3, 0.4) is 0 Å². The molecule has 0 fully saturated rings. The van der Waals surface area contributed by atoms with Crippen molar-refractivity contribution in [2.24, 2.45) is 0 Å². The van der Waals surface area contributed by atoms with Crippen molar-refractivity contribution in [3.63, 3.8) is 0 Å². The lowest BCUT2D eigenvalue weighted by Crippen LogP contribution is -2.01. The number of hydrogen-bond acceptors (Lipinski definition) is 3. The SMILES string of the molecule is N#CCCCn1c(-c2ccccn2)nc2ccccc21. The van der Waals surface area contributed by atoms with Crippen molar-refractivity contribution in [1.82, 2.24) is 14.5 Å². The molecule has 2 heterocycles. The molecule has 0 saturated carbocycles. The third kappa shape index (κ3) is 2.26. The standard InChI is InChI=1S/C16H14N4/c17-10-4-6-12-20-15-9-2-1-7-13(15)19-16(20)14-8-3-5-11-18-14/h1-3,5,7-9,11H,4,6,12H2. The lowest BCUT2D eigenvalue weighted by Gasteiger charge is -2.07. The quantitative estimate of drug-likeness (QED) is 0.677. The number of para-hydroxylation sites is 2. The summed E-state index contributed by atoms with van der Waals surface area (Å²) in [5.74, 6) is 0.865. The van der Waals surface area contributed by atoms with E-state index in [0.717, 1.165) is 35.5 Å². The number of nitrogens with zero attached hydrogens (tertiary/aromatic N) is 4. The predicted molar refractivity (Wildman–Crippen MR) is 77.8 cm³/mol. The number of hydrogen-bond donors (Lipinski definition) is 0. The van der Waals surface area contributed by atoms with Crippen LogP contribution < -0.4 is 0 Å². The fraction of sp³-hybridized carbons (Fsp3) is 0.188. The van der Waals surface area contributed by atoms with E-state index in [1.165, 1.54) is 0 Å². The Labute approximate surface area is 117 Å². The summed E-state index contributed by atoms with van der Waals surface area (Å²) in [6.07, 6.45) is 3.14. The molecule has 0 aliphatic rings. The summed E-state index contributed by atoms with van der Waals surface area (Å²) in [7, 11) is 0. The van der Waals surface area contributed by atoms with Crippen molar-refractivity contribution in [1.29, 1.82) is 5.26 Å². The van der Waals surface area contributed by atoms with E-state index in [4.69, 9.17) is 5.26 Å². The summed E-state index contributed by atoms with van der Waals surface area (Å²) < 4.78 is 2.15. The van der Waals surface area contributed by atoms with E-state index in [2.05, 4.69) is 26.7 Å². The van der Waals surface area contributed by atoms with E-state index in [0.29, 0.717) is 6.42 Å². The predicted octanol–water partition coefficient (Wildman–Crippen LogP) is 3.40. The Morgan fingerprint density at radius 3 is 2.75 bits per heavy atom. The molecule has 0 aliphatic heterocycles. The van der Waals surface area contributed by atoms with Crippen molar-refractivity contribution in [3.05, 3.63) is 48.7 Å². The molecule has 2 aromatic heterocycles. The fourth-order valence-corrected chi connectivity index (χ4v) is 2.31. The van der Waals surface area contributed by atoms with Gasteiger partial charge in [0.05, 0.1) is 17.1 Å². The molecule has 0 spiro atoms. The van der Waals surface area contributed by atoms with Crippen LogP contribution in [0.2, 0.25) is 0 Å². The topological polar surface area (TPSA) is 54.5 Å². The Balaban J connectivity index is 2.10. The average Bonchev–Trinajstić information content (AvgIpc) is 2.87. The molecule has 20 heavy (non-hydrogen) atoms. The van der Waals surface area contributed by atoms with Crippen molar-refractivity contribution in [2.75, 3.05) is 0 Å². The summed E-state index contributed by atoms with van der Waals surface area (Å²) >= 11 is 0. The molecule has 0 amide bonds. The molecule has 1 aromatic carbocycles. The molecular formula is C16H14N4. The van der Waals surface area contributed by atoms with Crippen molar-refractivity contribution < 1.29 is 0 Å². The van der Waals surface area contributed by atoms with Gasteiger partial charge in [-0.25, -0.2) is 4.98 Å². The lowest BCUT2D eigenvalue weighted by molar-refractivity contribution is 0.674. The maximum Gasteiger partial charge on any atom is 0.159 e.